The van der Waals surface area contributed by atoms with E-state index in [2.05, 4.69) is 17.2 Å². The third kappa shape index (κ3) is 8.88. The van der Waals surface area contributed by atoms with Gasteiger partial charge in [-0.05, 0) is 19.8 Å². The number of hydrogen-bond donors (Lipinski definition) is 4. The Morgan fingerprint density at radius 1 is 1.62 bits per heavy atom. The maximum atomic E-state index is 7.38. The van der Waals surface area contributed by atoms with Crippen molar-refractivity contribution in [1.29, 1.82) is 5.41 Å². The molecule has 0 heterocycles. The average Bonchev–Trinajstić information content (AvgIpc) is 2.08. The number of nitrogens with two attached hydrogens (primary N) is 1. The fourth-order valence-electron chi connectivity index (χ4n) is 0.874. The maximum absolute atomic E-state index is 7.38. The first-order valence-corrected chi connectivity index (χ1v) is 4.59. The highest BCUT2D eigenvalue weighted by Gasteiger charge is 1.95. The van der Waals surface area contributed by atoms with Crippen LogP contribution in [0.4, 0.5) is 0 Å². The van der Waals surface area contributed by atoms with Gasteiger partial charge in [0.05, 0.1) is 0 Å². The van der Waals surface area contributed by atoms with E-state index in [1.165, 1.54) is 0 Å². The highest BCUT2D eigenvalue weighted by Crippen LogP contribution is 1.90. The Hall–Kier alpha value is -1.03. The van der Waals surface area contributed by atoms with Crippen LogP contribution in [0.25, 0.3) is 0 Å². The van der Waals surface area contributed by atoms with E-state index >= 15 is 0 Å². The van der Waals surface area contributed by atoms with Crippen LogP contribution in [0.1, 0.15) is 19.8 Å². The van der Waals surface area contributed by atoms with E-state index in [0.717, 1.165) is 19.4 Å². The fourth-order valence-corrected chi connectivity index (χ4v) is 0.874. The largest absolute Gasteiger partial charge is 0.357 e. The van der Waals surface area contributed by atoms with Gasteiger partial charge in [-0.3, -0.25) is 5.41 Å². The predicted octanol–water partition coefficient (Wildman–Crippen LogP) is 0.414. The van der Waals surface area contributed by atoms with Crippen LogP contribution in [0.3, 0.4) is 0 Å². The Bertz CT molecular complexity index is 154. The monoisotopic (exact) mass is 184 g/mol. The second-order valence-electron chi connectivity index (χ2n) is 3.09. The zero-order valence-corrected chi connectivity index (χ0v) is 8.27. The van der Waals surface area contributed by atoms with Gasteiger partial charge in [-0.1, -0.05) is 6.08 Å². The molecular formula is C9H20N4. The molecule has 0 aliphatic heterocycles. The van der Waals surface area contributed by atoms with Crippen molar-refractivity contribution in [3.63, 3.8) is 0 Å². The summed E-state index contributed by atoms with van der Waals surface area (Å²) in [6, 6.07) is 0.247. The van der Waals surface area contributed by atoms with E-state index < -0.39 is 0 Å². The van der Waals surface area contributed by atoms with Crippen LogP contribution in [0.2, 0.25) is 0 Å². The van der Waals surface area contributed by atoms with E-state index in [0.29, 0.717) is 12.5 Å². The molecule has 0 aliphatic carbocycles. The van der Waals surface area contributed by atoms with Gasteiger partial charge < -0.3 is 16.4 Å². The molecule has 0 rings (SSSR count). The molecule has 0 spiro atoms. The Balaban J connectivity index is 3.21. The van der Waals surface area contributed by atoms with Crippen molar-refractivity contribution >= 4 is 5.96 Å². The molecule has 4 heteroatoms. The van der Waals surface area contributed by atoms with Crippen molar-refractivity contribution < 1.29 is 0 Å². The third-order valence-corrected chi connectivity index (χ3v) is 1.56. The van der Waals surface area contributed by atoms with Crippen molar-refractivity contribution in [2.75, 3.05) is 13.1 Å². The number of nitrogens with one attached hydrogen (secondary N) is 3. The maximum Gasteiger partial charge on any atom is 0.188 e. The molecule has 1 unspecified atom stereocenters. The molecule has 0 aromatic carbocycles. The summed E-state index contributed by atoms with van der Waals surface area (Å²) in [7, 11) is 0. The van der Waals surface area contributed by atoms with E-state index in [-0.39, 0.29) is 6.04 Å². The van der Waals surface area contributed by atoms with Crippen molar-refractivity contribution in [2.45, 2.75) is 25.8 Å². The van der Waals surface area contributed by atoms with Crippen LogP contribution < -0.4 is 16.4 Å². The lowest BCUT2D eigenvalue weighted by atomic mass is 10.2. The predicted molar refractivity (Wildman–Crippen MR) is 56.8 cm³/mol. The Morgan fingerprint density at radius 2 is 2.31 bits per heavy atom. The minimum Gasteiger partial charge on any atom is -0.357 e. The summed E-state index contributed by atoms with van der Waals surface area (Å²) < 4.78 is 0. The van der Waals surface area contributed by atoms with Crippen LogP contribution >= 0.6 is 0 Å². The summed E-state index contributed by atoms with van der Waals surface area (Å²) >= 11 is 0. The average molecular weight is 184 g/mol. The molecule has 0 aromatic rings. The van der Waals surface area contributed by atoms with E-state index in [4.69, 9.17) is 11.1 Å². The minimum atomic E-state index is 0.247. The SMILES string of the molecule is C=CCNC(=N)NCCCC(C)N. The molecule has 0 saturated carbocycles. The van der Waals surface area contributed by atoms with Crippen molar-refractivity contribution in [3.05, 3.63) is 12.7 Å². The van der Waals surface area contributed by atoms with Gasteiger partial charge in [-0.2, -0.15) is 0 Å². The zero-order valence-electron chi connectivity index (χ0n) is 8.27. The van der Waals surface area contributed by atoms with Crippen LogP contribution in [-0.2, 0) is 0 Å². The molecule has 5 N–H and O–H groups in total. The van der Waals surface area contributed by atoms with Gasteiger partial charge in [-0.25, -0.2) is 0 Å². The number of hydrogen-bond acceptors (Lipinski definition) is 2. The Morgan fingerprint density at radius 3 is 2.85 bits per heavy atom. The first-order valence-electron chi connectivity index (χ1n) is 4.59. The molecule has 0 amide bonds. The van der Waals surface area contributed by atoms with Gasteiger partial charge in [0.2, 0.25) is 0 Å². The Labute approximate surface area is 80.1 Å². The normalized spacial score (nSPS) is 11.8. The summed E-state index contributed by atoms with van der Waals surface area (Å²) in [5.41, 5.74) is 5.58. The summed E-state index contributed by atoms with van der Waals surface area (Å²) in [6.07, 6.45) is 3.70. The highest BCUT2D eigenvalue weighted by molar-refractivity contribution is 5.76. The Kier molecular flexibility index (Phi) is 7.01. The molecule has 76 valence electrons. The van der Waals surface area contributed by atoms with Gasteiger partial charge in [-0.15, -0.1) is 6.58 Å². The van der Waals surface area contributed by atoms with Crippen LogP contribution in [0.15, 0.2) is 12.7 Å². The molecule has 0 fully saturated rings. The lowest BCUT2D eigenvalue weighted by Crippen LogP contribution is -2.37. The molecule has 1 atom stereocenters. The number of guanidine groups is 1. The van der Waals surface area contributed by atoms with Crippen LogP contribution in [0.5, 0.6) is 0 Å². The standard InChI is InChI=1S/C9H20N4/c1-3-6-12-9(11)13-7-4-5-8(2)10/h3,8H,1,4-7,10H2,2H3,(H3,11,12,13). The first-order chi connectivity index (χ1) is 6.16. The first kappa shape index (κ1) is 12.0. The molecule has 4 nitrogen and oxygen atoms in total. The minimum absolute atomic E-state index is 0.247. The van der Waals surface area contributed by atoms with E-state index in [9.17, 15) is 0 Å². The van der Waals surface area contributed by atoms with Crippen LogP contribution in [0, 0.1) is 5.41 Å². The van der Waals surface area contributed by atoms with Crippen molar-refractivity contribution in [1.82, 2.24) is 10.6 Å². The summed E-state index contributed by atoms with van der Waals surface area (Å²) in [5.74, 6) is 0.351. The van der Waals surface area contributed by atoms with Gasteiger partial charge in [0.15, 0.2) is 5.96 Å². The van der Waals surface area contributed by atoms with Gasteiger partial charge in [0, 0.05) is 19.1 Å². The quantitative estimate of drug-likeness (QED) is 0.209. The summed E-state index contributed by atoms with van der Waals surface area (Å²) in [6.45, 7) is 6.96. The summed E-state index contributed by atoms with van der Waals surface area (Å²) in [4.78, 5) is 0. The van der Waals surface area contributed by atoms with Gasteiger partial charge in [0.1, 0.15) is 0 Å². The van der Waals surface area contributed by atoms with E-state index in [1.807, 2.05) is 6.92 Å². The molecule has 0 radical (unpaired) electrons. The van der Waals surface area contributed by atoms with E-state index in [1.54, 1.807) is 6.08 Å². The molecule has 0 bridgehead atoms. The third-order valence-electron chi connectivity index (χ3n) is 1.56. The molecule has 0 aliphatic rings. The van der Waals surface area contributed by atoms with Gasteiger partial charge in [0.25, 0.3) is 0 Å². The summed E-state index contributed by atoms with van der Waals surface area (Å²) in [5, 5.41) is 13.2. The van der Waals surface area contributed by atoms with Crippen molar-refractivity contribution in [3.8, 4) is 0 Å². The highest BCUT2D eigenvalue weighted by atomic mass is 15.1. The van der Waals surface area contributed by atoms with Gasteiger partial charge >= 0.3 is 0 Å². The van der Waals surface area contributed by atoms with Crippen LogP contribution in [-0.4, -0.2) is 25.1 Å². The topological polar surface area (TPSA) is 73.9 Å². The molecule has 0 saturated heterocycles. The zero-order chi connectivity index (χ0) is 10.1. The smallest absolute Gasteiger partial charge is 0.188 e. The lowest BCUT2D eigenvalue weighted by Gasteiger charge is -2.09. The second kappa shape index (κ2) is 7.61. The fraction of sp³-hybridized carbons (Fsp3) is 0.667. The molecular weight excluding hydrogens is 164 g/mol. The van der Waals surface area contributed by atoms with Crippen molar-refractivity contribution in [2.24, 2.45) is 5.73 Å². The molecule has 0 aromatic heterocycles. The second-order valence-corrected chi connectivity index (χ2v) is 3.09. The molecule has 13 heavy (non-hydrogen) atoms. The number of rotatable bonds is 6. The lowest BCUT2D eigenvalue weighted by molar-refractivity contribution is 0.612.